The molecule has 2 atom stereocenters. The van der Waals surface area contributed by atoms with E-state index in [0.717, 1.165) is 0 Å². The first kappa shape index (κ1) is 12.7. The van der Waals surface area contributed by atoms with Gasteiger partial charge in [-0.15, -0.1) is 13.2 Å². The molecule has 0 radical (unpaired) electrons. The Morgan fingerprint density at radius 3 is 1.46 bits per heavy atom. The van der Waals surface area contributed by atoms with E-state index in [0.29, 0.717) is 11.1 Å². The lowest BCUT2D eigenvalue weighted by Gasteiger charge is -2.38. The number of hydrogen-bond acceptors (Lipinski definition) is 0. The third-order valence-electron chi connectivity index (χ3n) is 3.84. The van der Waals surface area contributed by atoms with Crippen molar-refractivity contribution in [3.05, 3.63) is 25.3 Å². The fourth-order valence-electron chi connectivity index (χ4n) is 2.42. The molecule has 0 aliphatic carbocycles. The zero-order valence-electron chi connectivity index (χ0n) is 9.64. The average molecular weight is 196 g/mol. The summed E-state index contributed by atoms with van der Waals surface area (Å²) < 4.78 is 0. The number of hydrogen-bond donors (Lipinski definition) is 0. The topological polar surface area (TPSA) is 0 Å². The molecule has 0 bridgehead atoms. The van der Waals surface area contributed by atoms with E-state index in [1.165, 1.54) is 12.1 Å². The summed E-state index contributed by atoms with van der Waals surface area (Å²) in [5.41, 5.74) is 1.41. The highest BCUT2D eigenvalue weighted by molar-refractivity contribution is 6.83. The second-order valence-electron chi connectivity index (χ2n) is 3.99. The summed E-state index contributed by atoms with van der Waals surface area (Å²) in [6, 6.07) is 2.67. The zero-order valence-corrected chi connectivity index (χ0v) is 10.6. The molecule has 0 aromatic rings. The molecule has 0 aliphatic rings. The van der Waals surface area contributed by atoms with Crippen molar-refractivity contribution in [3.8, 4) is 0 Å². The molecule has 0 aromatic carbocycles. The van der Waals surface area contributed by atoms with Gasteiger partial charge in [-0.3, -0.25) is 0 Å². The van der Waals surface area contributed by atoms with Gasteiger partial charge in [-0.2, -0.15) is 0 Å². The Morgan fingerprint density at radius 1 is 1.00 bits per heavy atom. The molecular weight excluding hydrogens is 172 g/mol. The van der Waals surface area contributed by atoms with Crippen molar-refractivity contribution in [3.63, 3.8) is 0 Å². The minimum absolute atomic E-state index is 0.704. The van der Waals surface area contributed by atoms with Crippen LogP contribution in [0, 0.1) is 0 Å². The molecule has 0 aromatic heterocycles. The second-order valence-corrected chi connectivity index (χ2v) is 9.69. The van der Waals surface area contributed by atoms with E-state index in [9.17, 15) is 0 Å². The molecule has 2 unspecified atom stereocenters. The lowest BCUT2D eigenvalue weighted by Crippen LogP contribution is -2.40. The quantitative estimate of drug-likeness (QED) is 0.429. The predicted molar refractivity (Wildman–Crippen MR) is 66.0 cm³/mol. The highest BCUT2D eigenvalue weighted by atomic mass is 28.3. The first-order valence-corrected chi connectivity index (χ1v) is 7.91. The lowest BCUT2D eigenvalue weighted by molar-refractivity contribution is 0.954. The van der Waals surface area contributed by atoms with Crippen molar-refractivity contribution < 1.29 is 0 Å². The van der Waals surface area contributed by atoms with Crippen LogP contribution in [0.5, 0.6) is 0 Å². The first-order chi connectivity index (χ1) is 6.08. The molecule has 0 fully saturated rings. The van der Waals surface area contributed by atoms with Crippen LogP contribution >= 0.6 is 0 Å². The highest BCUT2D eigenvalue weighted by Crippen LogP contribution is 2.40. The first-order valence-electron chi connectivity index (χ1n) is 5.34. The van der Waals surface area contributed by atoms with Crippen LogP contribution in [-0.4, -0.2) is 8.07 Å². The Labute approximate surface area is 84.8 Å². The molecule has 0 amide bonds. The molecule has 0 spiro atoms. The molecule has 0 N–H and O–H groups in total. The highest BCUT2D eigenvalue weighted by Gasteiger charge is 2.37. The van der Waals surface area contributed by atoms with Gasteiger partial charge in [-0.25, -0.2) is 0 Å². The predicted octanol–water partition coefficient (Wildman–Crippen LogP) is 4.63. The van der Waals surface area contributed by atoms with Gasteiger partial charge < -0.3 is 0 Å². The van der Waals surface area contributed by atoms with Gasteiger partial charge in [0.2, 0.25) is 0 Å². The molecular formula is C12H24Si. The zero-order chi connectivity index (χ0) is 10.5. The summed E-state index contributed by atoms with van der Waals surface area (Å²) in [7, 11) is -1.19. The summed E-state index contributed by atoms with van der Waals surface area (Å²) in [5.74, 6) is 0. The molecule has 0 aliphatic heterocycles. The SMILES string of the molecule is C=CC(C)[Si](CC)(CC)C(C)C=C. The van der Waals surface area contributed by atoms with Gasteiger partial charge in [0.15, 0.2) is 0 Å². The molecule has 1 heteroatoms. The van der Waals surface area contributed by atoms with E-state index >= 15 is 0 Å². The van der Waals surface area contributed by atoms with Crippen LogP contribution in [0.1, 0.15) is 27.7 Å². The number of allylic oxidation sites excluding steroid dienone is 2. The monoisotopic (exact) mass is 196 g/mol. The fourth-order valence-corrected chi connectivity index (χ4v) is 7.27. The maximum Gasteiger partial charge on any atom is 0.0662 e. The Morgan fingerprint density at radius 2 is 1.31 bits per heavy atom. The summed E-state index contributed by atoms with van der Waals surface area (Å²) in [5, 5.41) is 0. The second kappa shape index (κ2) is 5.43. The van der Waals surface area contributed by atoms with Gasteiger partial charge in [0, 0.05) is 0 Å². The molecule has 0 saturated heterocycles. The van der Waals surface area contributed by atoms with Crippen LogP contribution < -0.4 is 0 Å². The van der Waals surface area contributed by atoms with E-state index in [2.05, 4.69) is 53.0 Å². The van der Waals surface area contributed by atoms with Crippen LogP contribution in [-0.2, 0) is 0 Å². The minimum Gasteiger partial charge on any atom is -0.103 e. The Bertz CT molecular complexity index is 152. The van der Waals surface area contributed by atoms with Crippen molar-refractivity contribution in [2.24, 2.45) is 0 Å². The van der Waals surface area contributed by atoms with Crippen molar-refractivity contribution >= 4 is 8.07 Å². The molecule has 13 heavy (non-hydrogen) atoms. The standard InChI is InChI=1S/C12H24Si/c1-7-11(5)13(9-3,10-4)12(6)8-2/h7-8,11-12H,1-2,9-10H2,3-6H3. The molecule has 0 saturated carbocycles. The molecule has 0 nitrogen and oxygen atoms in total. The van der Waals surface area contributed by atoms with Gasteiger partial charge in [-0.1, -0.05) is 51.9 Å². The Hall–Kier alpha value is -0.303. The normalized spacial score (nSPS) is 16.3. The maximum absolute atomic E-state index is 3.94. The molecule has 76 valence electrons. The Balaban J connectivity index is 4.87. The smallest absolute Gasteiger partial charge is 0.0662 e. The summed E-state index contributed by atoms with van der Waals surface area (Å²) >= 11 is 0. The Kier molecular flexibility index (Phi) is 5.31. The van der Waals surface area contributed by atoms with Crippen LogP contribution in [0.4, 0.5) is 0 Å². The van der Waals surface area contributed by atoms with Crippen LogP contribution in [0.2, 0.25) is 23.2 Å². The van der Waals surface area contributed by atoms with Crippen molar-refractivity contribution in [1.82, 2.24) is 0 Å². The van der Waals surface area contributed by atoms with Gasteiger partial charge >= 0.3 is 0 Å². The van der Waals surface area contributed by atoms with Crippen molar-refractivity contribution in [2.45, 2.75) is 50.9 Å². The third kappa shape index (κ3) is 2.34. The van der Waals surface area contributed by atoms with Crippen molar-refractivity contribution in [2.75, 3.05) is 0 Å². The van der Waals surface area contributed by atoms with E-state index in [-0.39, 0.29) is 0 Å². The molecule has 0 rings (SSSR count). The van der Waals surface area contributed by atoms with Gasteiger partial charge in [0.1, 0.15) is 0 Å². The number of rotatable bonds is 6. The van der Waals surface area contributed by atoms with E-state index in [4.69, 9.17) is 0 Å². The minimum atomic E-state index is -1.19. The van der Waals surface area contributed by atoms with Gasteiger partial charge in [0.25, 0.3) is 0 Å². The van der Waals surface area contributed by atoms with E-state index in [1.807, 2.05) is 0 Å². The van der Waals surface area contributed by atoms with Crippen LogP contribution in [0.3, 0.4) is 0 Å². The third-order valence-corrected chi connectivity index (χ3v) is 10.6. The molecule has 0 heterocycles. The van der Waals surface area contributed by atoms with E-state index in [1.54, 1.807) is 0 Å². The van der Waals surface area contributed by atoms with E-state index < -0.39 is 8.07 Å². The summed E-state index contributed by atoms with van der Waals surface area (Å²) in [4.78, 5) is 0. The largest absolute Gasteiger partial charge is 0.103 e. The summed E-state index contributed by atoms with van der Waals surface area (Å²) in [6.45, 7) is 17.2. The van der Waals surface area contributed by atoms with Gasteiger partial charge in [0.05, 0.1) is 8.07 Å². The maximum atomic E-state index is 3.94. The lowest BCUT2D eigenvalue weighted by atomic mass is 10.4. The summed E-state index contributed by atoms with van der Waals surface area (Å²) in [6.07, 6.45) is 4.28. The van der Waals surface area contributed by atoms with Gasteiger partial charge in [-0.05, 0) is 11.1 Å². The fraction of sp³-hybridized carbons (Fsp3) is 0.667. The average Bonchev–Trinajstić information content (AvgIpc) is 2.19. The van der Waals surface area contributed by atoms with Crippen LogP contribution in [0.25, 0.3) is 0 Å². The van der Waals surface area contributed by atoms with Crippen molar-refractivity contribution in [1.29, 1.82) is 0 Å². The van der Waals surface area contributed by atoms with Crippen LogP contribution in [0.15, 0.2) is 25.3 Å².